The molecule has 1 aliphatic rings. The van der Waals surface area contributed by atoms with Crippen LogP contribution in [0.1, 0.15) is 33.1 Å². The normalized spacial score (nSPS) is 27.2. The molecule has 17 heavy (non-hydrogen) atoms. The first kappa shape index (κ1) is 14.9. The largest absolute Gasteiger partial charge is 0.375 e. The number of nitrogens with two attached hydrogens (primary N) is 1. The highest BCUT2D eigenvalue weighted by Gasteiger charge is 2.33. The number of rotatable bonds is 6. The molecule has 1 rings (SSSR count). The summed E-state index contributed by atoms with van der Waals surface area (Å²) >= 11 is 0. The molecule has 1 saturated heterocycles. The van der Waals surface area contributed by atoms with Gasteiger partial charge in [0, 0.05) is 12.6 Å². The molecule has 2 atom stereocenters. The quantitative estimate of drug-likeness (QED) is 0.711. The van der Waals surface area contributed by atoms with Gasteiger partial charge in [-0.1, -0.05) is 6.92 Å². The van der Waals surface area contributed by atoms with Gasteiger partial charge in [-0.25, -0.2) is 8.42 Å². The summed E-state index contributed by atoms with van der Waals surface area (Å²) in [6.45, 7) is 5.43. The summed E-state index contributed by atoms with van der Waals surface area (Å²) in [6.07, 6.45) is 2.18. The van der Waals surface area contributed by atoms with Gasteiger partial charge in [0.15, 0.2) is 0 Å². The minimum absolute atomic E-state index is 0.00548. The summed E-state index contributed by atoms with van der Waals surface area (Å²) in [5.74, 6) is 0.202. The zero-order valence-corrected chi connectivity index (χ0v) is 11.6. The van der Waals surface area contributed by atoms with Crippen LogP contribution in [-0.4, -0.2) is 50.3 Å². The van der Waals surface area contributed by atoms with E-state index in [4.69, 9.17) is 10.5 Å². The van der Waals surface area contributed by atoms with Gasteiger partial charge in [0.05, 0.1) is 18.5 Å². The molecule has 0 aliphatic carbocycles. The Labute approximate surface area is 104 Å². The molecule has 0 spiro atoms. The Morgan fingerprint density at radius 1 is 1.41 bits per heavy atom. The molecule has 1 aliphatic heterocycles. The zero-order valence-electron chi connectivity index (χ0n) is 10.8. The predicted octanol–water partition coefficient (Wildman–Crippen LogP) is 0.554. The highest BCUT2D eigenvalue weighted by atomic mass is 32.2. The molecule has 0 aromatic carbocycles. The molecule has 0 aromatic heterocycles. The van der Waals surface area contributed by atoms with Crippen molar-refractivity contribution in [2.45, 2.75) is 45.3 Å². The molecule has 0 bridgehead atoms. The molecular formula is C11H24N2O3S. The maximum Gasteiger partial charge on any atom is 0.214 e. The number of morpholine rings is 1. The second-order valence-electron chi connectivity index (χ2n) is 4.59. The lowest BCUT2D eigenvalue weighted by atomic mass is 10.2. The third-order valence-electron chi connectivity index (χ3n) is 3.10. The van der Waals surface area contributed by atoms with Crippen LogP contribution in [0.4, 0.5) is 0 Å². The fourth-order valence-electron chi connectivity index (χ4n) is 2.02. The van der Waals surface area contributed by atoms with Crippen molar-refractivity contribution >= 4 is 10.0 Å². The number of nitrogens with zero attached hydrogens (tertiary/aromatic N) is 1. The second-order valence-corrected chi connectivity index (χ2v) is 6.63. The van der Waals surface area contributed by atoms with E-state index < -0.39 is 10.0 Å². The van der Waals surface area contributed by atoms with E-state index in [0.717, 1.165) is 12.8 Å². The van der Waals surface area contributed by atoms with Gasteiger partial charge in [-0.2, -0.15) is 4.31 Å². The lowest BCUT2D eigenvalue weighted by molar-refractivity contribution is -0.0230. The van der Waals surface area contributed by atoms with Gasteiger partial charge in [0.2, 0.25) is 10.0 Å². The number of unbranched alkanes of at least 4 members (excludes halogenated alkanes) is 1. The molecule has 0 aromatic rings. The van der Waals surface area contributed by atoms with Crippen molar-refractivity contribution in [2.75, 3.05) is 25.4 Å². The third-order valence-corrected chi connectivity index (χ3v) is 5.07. The van der Waals surface area contributed by atoms with E-state index >= 15 is 0 Å². The van der Waals surface area contributed by atoms with Crippen molar-refractivity contribution in [2.24, 2.45) is 5.73 Å². The third kappa shape index (κ3) is 4.21. The summed E-state index contributed by atoms with van der Waals surface area (Å²) in [4.78, 5) is 0. The van der Waals surface area contributed by atoms with Gasteiger partial charge in [-0.05, 0) is 32.7 Å². The van der Waals surface area contributed by atoms with Crippen LogP contribution in [0.2, 0.25) is 0 Å². The van der Waals surface area contributed by atoms with Crippen LogP contribution in [0.15, 0.2) is 0 Å². The summed E-state index contributed by atoms with van der Waals surface area (Å²) in [5.41, 5.74) is 5.38. The topological polar surface area (TPSA) is 72.6 Å². The van der Waals surface area contributed by atoms with E-state index in [9.17, 15) is 8.42 Å². The number of hydrogen-bond acceptors (Lipinski definition) is 4. The molecule has 5 nitrogen and oxygen atoms in total. The Morgan fingerprint density at radius 2 is 2.12 bits per heavy atom. The predicted molar refractivity (Wildman–Crippen MR) is 68.3 cm³/mol. The summed E-state index contributed by atoms with van der Waals surface area (Å²) < 4.78 is 31.5. The smallest absolute Gasteiger partial charge is 0.214 e. The Morgan fingerprint density at radius 3 is 2.71 bits per heavy atom. The van der Waals surface area contributed by atoms with E-state index in [1.807, 2.05) is 13.8 Å². The van der Waals surface area contributed by atoms with Crippen molar-refractivity contribution in [3.05, 3.63) is 0 Å². The van der Waals surface area contributed by atoms with Crippen LogP contribution in [0.25, 0.3) is 0 Å². The van der Waals surface area contributed by atoms with Crippen molar-refractivity contribution in [1.29, 1.82) is 0 Å². The molecule has 6 heteroatoms. The van der Waals surface area contributed by atoms with Crippen LogP contribution < -0.4 is 5.73 Å². The highest BCUT2D eigenvalue weighted by molar-refractivity contribution is 7.89. The molecule has 1 heterocycles. The van der Waals surface area contributed by atoms with E-state index in [0.29, 0.717) is 26.1 Å². The van der Waals surface area contributed by atoms with Crippen LogP contribution >= 0.6 is 0 Å². The first-order valence-electron chi connectivity index (χ1n) is 6.32. The average Bonchev–Trinajstić information content (AvgIpc) is 2.29. The average molecular weight is 264 g/mol. The molecule has 0 saturated carbocycles. The fourth-order valence-corrected chi connectivity index (χ4v) is 3.93. The monoisotopic (exact) mass is 264 g/mol. The Balaban J connectivity index is 2.65. The first-order valence-corrected chi connectivity index (χ1v) is 7.93. The molecular weight excluding hydrogens is 240 g/mol. The fraction of sp³-hybridized carbons (Fsp3) is 1.00. The van der Waals surface area contributed by atoms with E-state index in [-0.39, 0.29) is 17.9 Å². The molecule has 2 N–H and O–H groups in total. The van der Waals surface area contributed by atoms with Gasteiger partial charge >= 0.3 is 0 Å². The van der Waals surface area contributed by atoms with Crippen LogP contribution in [0.3, 0.4) is 0 Å². The highest BCUT2D eigenvalue weighted by Crippen LogP contribution is 2.19. The zero-order chi connectivity index (χ0) is 12.9. The molecule has 1 fully saturated rings. The van der Waals surface area contributed by atoms with Crippen LogP contribution in [0.5, 0.6) is 0 Å². The summed E-state index contributed by atoms with van der Waals surface area (Å²) in [7, 11) is -3.15. The summed E-state index contributed by atoms with van der Waals surface area (Å²) in [6, 6.07) is -0.00548. The summed E-state index contributed by atoms with van der Waals surface area (Å²) in [5, 5.41) is 0. The minimum atomic E-state index is -3.15. The van der Waals surface area contributed by atoms with Crippen LogP contribution in [0, 0.1) is 0 Å². The Bertz CT molecular complexity index is 319. The van der Waals surface area contributed by atoms with Crippen molar-refractivity contribution in [3.8, 4) is 0 Å². The van der Waals surface area contributed by atoms with Gasteiger partial charge in [0.1, 0.15) is 0 Å². The molecule has 0 amide bonds. The lowest BCUT2D eigenvalue weighted by Gasteiger charge is -2.37. The van der Waals surface area contributed by atoms with Crippen molar-refractivity contribution in [1.82, 2.24) is 4.31 Å². The lowest BCUT2D eigenvalue weighted by Crippen LogP contribution is -2.51. The first-order chi connectivity index (χ1) is 8.01. The van der Waals surface area contributed by atoms with Crippen molar-refractivity contribution < 1.29 is 13.2 Å². The van der Waals surface area contributed by atoms with Gasteiger partial charge in [-0.3, -0.25) is 0 Å². The van der Waals surface area contributed by atoms with Crippen molar-refractivity contribution in [3.63, 3.8) is 0 Å². The van der Waals surface area contributed by atoms with Gasteiger partial charge in [0.25, 0.3) is 0 Å². The van der Waals surface area contributed by atoms with Gasteiger partial charge < -0.3 is 10.5 Å². The van der Waals surface area contributed by atoms with Gasteiger partial charge in [-0.15, -0.1) is 0 Å². The molecule has 2 unspecified atom stereocenters. The minimum Gasteiger partial charge on any atom is -0.375 e. The van der Waals surface area contributed by atoms with E-state index in [1.54, 1.807) is 4.31 Å². The number of sulfonamides is 1. The maximum absolute atomic E-state index is 12.2. The van der Waals surface area contributed by atoms with E-state index in [1.165, 1.54) is 0 Å². The second kappa shape index (κ2) is 6.68. The molecule has 102 valence electrons. The SMILES string of the molecule is CCC1COC(C)CN1S(=O)(=O)CCCCN. The van der Waals surface area contributed by atoms with Crippen LogP contribution in [-0.2, 0) is 14.8 Å². The maximum atomic E-state index is 12.2. The Kier molecular flexibility index (Phi) is 5.85. The Hall–Kier alpha value is -0.170. The van der Waals surface area contributed by atoms with E-state index in [2.05, 4.69) is 0 Å². The molecule has 0 radical (unpaired) electrons. The number of hydrogen-bond donors (Lipinski definition) is 1. The number of ether oxygens (including phenoxy) is 1. The standard InChI is InChI=1S/C11H24N2O3S/c1-3-11-9-16-10(2)8-13(11)17(14,15)7-5-4-6-12/h10-11H,3-9,12H2,1-2H3.